The van der Waals surface area contributed by atoms with Crippen LogP contribution in [0.25, 0.3) is 5.82 Å². The Hall–Kier alpha value is -2.76. The molecule has 0 amide bonds. The highest BCUT2D eigenvalue weighted by molar-refractivity contribution is 5.38. The van der Waals surface area contributed by atoms with Crippen LogP contribution in [0.2, 0.25) is 0 Å². The molecular weight excluding hydrogens is 293 g/mol. The van der Waals surface area contributed by atoms with Gasteiger partial charge in [0.2, 0.25) is 0 Å². The van der Waals surface area contributed by atoms with Gasteiger partial charge in [0, 0.05) is 12.2 Å². The molecule has 5 nitrogen and oxygen atoms in total. The predicted octanol–water partition coefficient (Wildman–Crippen LogP) is 3.34. The van der Waals surface area contributed by atoms with E-state index in [-0.39, 0.29) is 5.82 Å². The number of hydrogen-bond donors (Lipinski definition) is 1. The molecule has 0 aliphatic rings. The standard InChI is InChI=1S/C17H18FN5/c1-11-6-14(4-5-15(11)18)8-20-16-9-19-10-17(21-16)23-13(3)7-12(2)22-23/h4-7,9-10H,8H2,1-3H3,(H,20,21). The fourth-order valence-corrected chi connectivity index (χ4v) is 2.41. The molecule has 0 unspecified atom stereocenters. The van der Waals surface area contributed by atoms with Gasteiger partial charge >= 0.3 is 0 Å². The predicted molar refractivity (Wildman–Crippen MR) is 87.1 cm³/mol. The van der Waals surface area contributed by atoms with E-state index in [9.17, 15) is 4.39 Å². The molecule has 3 rings (SSSR count). The lowest BCUT2D eigenvalue weighted by Crippen LogP contribution is -2.07. The molecule has 0 bridgehead atoms. The summed E-state index contributed by atoms with van der Waals surface area (Å²) in [4.78, 5) is 8.73. The van der Waals surface area contributed by atoms with Crippen molar-refractivity contribution in [2.24, 2.45) is 0 Å². The minimum atomic E-state index is -0.194. The maximum absolute atomic E-state index is 13.3. The minimum Gasteiger partial charge on any atom is -0.365 e. The quantitative estimate of drug-likeness (QED) is 0.803. The van der Waals surface area contributed by atoms with Crippen molar-refractivity contribution in [3.8, 4) is 5.82 Å². The van der Waals surface area contributed by atoms with Crippen LogP contribution >= 0.6 is 0 Å². The number of aromatic nitrogens is 4. The molecule has 2 aromatic heterocycles. The summed E-state index contributed by atoms with van der Waals surface area (Å²) < 4.78 is 15.0. The minimum absolute atomic E-state index is 0.194. The van der Waals surface area contributed by atoms with Gasteiger partial charge in [0.05, 0.1) is 18.1 Å². The lowest BCUT2D eigenvalue weighted by atomic mass is 10.1. The first-order chi connectivity index (χ1) is 11.0. The number of aryl methyl sites for hydroxylation is 3. The fraction of sp³-hybridized carbons (Fsp3) is 0.235. The number of anilines is 1. The van der Waals surface area contributed by atoms with E-state index in [2.05, 4.69) is 20.4 Å². The molecule has 0 spiro atoms. The van der Waals surface area contributed by atoms with E-state index in [1.807, 2.05) is 26.0 Å². The van der Waals surface area contributed by atoms with E-state index in [1.165, 1.54) is 6.07 Å². The highest BCUT2D eigenvalue weighted by Gasteiger charge is 2.07. The highest BCUT2D eigenvalue weighted by atomic mass is 19.1. The van der Waals surface area contributed by atoms with Crippen LogP contribution in [0.3, 0.4) is 0 Å². The van der Waals surface area contributed by atoms with Crippen LogP contribution in [0, 0.1) is 26.6 Å². The molecule has 6 heteroatoms. The maximum Gasteiger partial charge on any atom is 0.174 e. The Labute approximate surface area is 134 Å². The number of halogens is 1. The average molecular weight is 311 g/mol. The summed E-state index contributed by atoms with van der Waals surface area (Å²) in [6, 6.07) is 7.04. The summed E-state index contributed by atoms with van der Waals surface area (Å²) in [7, 11) is 0. The smallest absolute Gasteiger partial charge is 0.174 e. The molecular formula is C17H18FN5. The summed E-state index contributed by atoms with van der Waals surface area (Å²) in [5.74, 6) is 1.12. The summed E-state index contributed by atoms with van der Waals surface area (Å²) in [6.07, 6.45) is 3.33. The van der Waals surface area contributed by atoms with Gasteiger partial charge in [-0.3, -0.25) is 4.98 Å². The van der Waals surface area contributed by atoms with Crippen molar-refractivity contribution in [2.45, 2.75) is 27.3 Å². The Kier molecular flexibility index (Phi) is 4.06. The summed E-state index contributed by atoms with van der Waals surface area (Å²) in [5.41, 5.74) is 3.56. The molecule has 118 valence electrons. The molecule has 0 fully saturated rings. The van der Waals surface area contributed by atoms with Crippen LogP contribution in [0.15, 0.2) is 36.7 Å². The van der Waals surface area contributed by atoms with Crippen molar-refractivity contribution in [3.05, 3.63) is 65.0 Å². The van der Waals surface area contributed by atoms with E-state index < -0.39 is 0 Å². The Bertz CT molecular complexity index is 841. The van der Waals surface area contributed by atoms with E-state index in [1.54, 1.807) is 30.1 Å². The Morgan fingerprint density at radius 3 is 2.65 bits per heavy atom. The lowest BCUT2D eigenvalue weighted by molar-refractivity contribution is 0.617. The number of nitrogens with one attached hydrogen (secondary N) is 1. The molecule has 0 saturated carbocycles. The second-order valence-corrected chi connectivity index (χ2v) is 5.54. The molecule has 0 atom stereocenters. The zero-order valence-electron chi connectivity index (χ0n) is 13.3. The van der Waals surface area contributed by atoms with Crippen LogP contribution in [0.1, 0.15) is 22.5 Å². The SMILES string of the molecule is Cc1cc(C)n(-c2cncc(NCc3ccc(F)c(C)c3)n2)n1. The molecule has 2 heterocycles. The summed E-state index contributed by atoms with van der Waals surface area (Å²) >= 11 is 0. The van der Waals surface area contributed by atoms with Gasteiger partial charge in [0.1, 0.15) is 11.6 Å². The third-order valence-corrected chi connectivity index (χ3v) is 3.54. The van der Waals surface area contributed by atoms with Gasteiger partial charge in [-0.2, -0.15) is 5.10 Å². The van der Waals surface area contributed by atoms with Crippen LogP contribution < -0.4 is 5.32 Å². The zero-order chi connectivity index (χ0) is 16.4. The lowest BCUT2D eigenvalue weighted by Gasteiger charge is -2.09. The Morgan fingerprint density at radius 1 is 1.13 bits per heavy atom. The topological polar surface area (TPSA) is 55.6 Å². The van der Waals surface area contributed by atoms with Crippen LogP contribution in [-0.4, -0.2) is 19.7 Å². The van der Waals surface area contributed by atoms with Gasteiger partial charge in [-0.25, -0.2) is 14.1 Å². The molecule has 0 aliphatic carbocycles. The second-order valence-electron chi connectivity index (χ2n) is 5.54. The molecule has 23 heavy (non-hydrogen) atoms. The largest absolute Gasteiger partial charge is 0.365 e. The maximum atomic E-state index is 13.3. The van der Waals surface area contributed by atoms with Crippen molar-refractivity contribution in [2.75, 3.05) is 5.32 Å². The van der Waals surface area contributed by atoms with Crippen molar-refractivity contribution >= 4 is 5.82 Å². The number of hydrogen-bond acceptors (Lipinski definition) is 4. The van der Waals surface area contributed by atoms with Gasteiger partial charge in [0.25, 0.3) is 0 Å². The summed E-state index contributed by atoms with van der Waals surface area (Å²) in [5, 5.41) is 7.61. The van der Waals surface area contributed by atoms with Crippen molar-refractivity contribution in [3.63, 3.8) is 0 Å². The van der Waals surface area contributed by atoms with Gasteiger partial charge in [-0.05, 0) is 44.0 Å². The number of benzene rings is 1. The number of nitrogens with zero attached hydrogens (tertiary/aromatic N) is 4. The molecule has 1 aromatic carbocycles. The zero-order valence-corrected chi connectivity index (χ0v) is 13.3. The molecule has 3 aromatic rings. The van der Waals surface area contributed by atoms with E-state index in [0.717, 1.165) is 17.0 Å². The molecule has 1 N–H and O–H groups in total. The Balaban J connectivity index is 1.77. The van der Waals surface area contributed by atoms with Gasteiger partial charge in [-0.1, -0.05) is 12.1 Å². The van der Waals surface area contributed by atoms with Gasteiger partial charge in [-0.15, -0.1) is 0 Å². The van der Waals surface area contributed by atoms with Crippen LogP contribution in [-0.2, 0) is 6.54 Å². The molecule has 0 saturated heterocycles. The Morgan fingerprint density at radius 2 is 1.96 bits per heavy atom. The first kappa shape index (κ1) is 15.1. The number of rotatable bonds is 4. The van der Waals surface area contributed by atoms with E-state index in [0.29, 0.717) is 23.7 Å². The van der Waals surface area contributed by atoms with Gasteiger partial charge < -0.3 is 5.32 Å². The first-order valence-electron chi connectivity index (χ1n) is 7.37. The molecule has 0 aliphatic heterocycles. The fourth-order valence-electron chi connectivity index (χ4n) is 2.41. The van der Waals surface area contributed by atoms with Gasteiger partial charge in [0.15, 0.2) is 5.82 Å². The van der Waals surface area contributed by atoms with Crippen LogP contribution in [0.4, 0.5) is 10.2 Å². The van der Waals surface area contributed by atoms with E-state index in [4.69, 9.17) is 0 Å². The van der Waals surface area contributed by atoms with Crippen molar-refractivity contribution in [1.29, 1.82) is 0 Å². The molecule has 0 radical (unpaired) electrons. The summed E-state index contributed by atoms with van der Waals surface area (Å²) in [6.45, 7) is 6.22. The average Bonchev–Trinajstić information content (AvgIpc) is 2.87. The normalized spacial score (nSPS) is 10.8. The third kappa shape index (κ3) is 3.36. The van der Waals surface area contributed by atoms with Crippen molar-refractivity contribution in [1.82, 2.24) is 19.7 Å². The monoisotopic (exact) mass is 311 g/mol. The van der Waals surface area contributed by atoms with E-state index >= 15 is 0 Å². The first-order valence-corrected chi connectivity index (χ1v) is 7.37. The third-order valence-electron chi connectivity index (χ3n) is 3.54. The van der Waals surface area contributed by atoms with Crippen LogP contribution in [0.5, 0.6) is 0 Å². The van der Waals surface area contributed by atoms with Crippen molar-refractivity contribution < 1.29 is 4.39 Å². The second kappa shape index (κ2) is 6.16. The highest BCUT2D eigenvalue weighted by Crippen LogP contribution is 2.13.